The normalized spacial score (nSPS) is 11.1. The Bertz CT molecular complexity index is 1080. The number of aromatic nitrogens is 3. The summed E-state index contributed by atoms with van der Waals surface area (Å²) in [5.41, 5.74) is 0.483. The minimum absolute atomic E-state index is 0.00116. The number of furan rings is 1. The highest BCUT2D eigenvalue weighted by molar-refractivity contribution is 7.71. The monoisotopic (exact) mass is 357 g/mol. The molecule has 0 atom stereocenters. The predicted molar refractivity (Wildman–Crippen MR) is 92.2 cm³/mol. The van der Waals surface area contributed by atoms with Gasteiger partial charge in [-0.25, -0.2) is 0 Å². The van der Waals surface area contributed by atoms with Crippen molar-refractivity contribution < 1.29 is 9.34 Å². The van der Waals surface area contributed by atoms with Gasteiger partial charge in [-0.15, -0.1) is 0 Å². The summed E-state index contributed by atoms with van der Waals surface area (Å²) in [6.07, 6.45) is 1.35. The first-order valence-electron chi connectivity index (χ1n) is 7.03. The molecule has 0 aliphatic rings. The van der Waals surface area contributed by atoms with E-state index in [9.17, 15) is 14.9 Å². The smallest absolute Gasteiger partial charge is 0.296 e. The Hall–Kier alpha value is -3.40. The van der Waals surface area contributed by atoms with Crippen LogP contribution >= 0.6 is 12.2 Å². The molecule has 0 aliphatic heterocycles. The minimum atomic E-state index is -0.470. The molecule has 10 heteroatoms. The van der Waals surface area contributed by atoms with Crippen LogP contribution < -0.4 is 5.56 Å². The number of nitro benzene ring substituents is 1. The number of aromatic amines is 1. The van der Waals surface area contributed by atoms with E-state index in [4.69, 9.17) is 16.6 Å². The maximum atomic E-state index is 11.9. The molecule has 2 heterocycles. The number of nitrogens with one attached hydrogen (secondary N) is 1. The van der Waals surface area contributed by atoms with Gasteiger partial charge in [0.15, 0.2) is 0 Å². The zero-order valence-corrected chi connectivity index (χ0v) is 13.7. The van der Waals surface area contributed by atoms with E-state index in [1.807, 2.05) is 0 Å². The fraction of sp³-hybridized carbons (Fsp3) is 0.0667. The van der Waals surface area contributed by atoms with Crippen LogP contribution in [0.1, 0.15) is 11.5 Å². The quantitative estimate of drug-likeness (QED) is 0.332. The first kappa shape index (κ1) is 16.5. The summed E-state index contributed by atoms with van der Waals surface area (Å²) in [7, 11) is 0. The molecular weight excluding hydrogens is 346 g/mol. The average molecular weight is 357 g/mol. The molecule has 0 saturated heterocycles. The van der Waals surface area contributed by atoms with Crippen LogP contribution in [0, 0.1) is 21.8 Å². The van der Waals surface area contributed by atoms with E-state index in [1.165, 1.54) is 18.3 Å². The number of H-pyrrole nitrogens is 1. The van der Waals surface area contributed by atoms with Crippen LogP contribution in [0.15, 0.2) is 50.7 Å². The summed E-state index contributed by atoms with van der Waals surface area (Å²) in [5.74, 6) is 0.906. The highest BCUT2D eigenvalue weighted by atomic mass is 32.1. The fourth-order valence-corrected chi connectivity index (χ4v) is 2.19. The lowest BCUT2D eigenvalue weighted by Gasteiger charge is -1.98. The Morgan fingerprint density at radius 1 is 1.32 bits per heavy atom. The van der Waals surface area contributed by atoms with E-state index < -0.39 is 10.5 Å². The molecule has 0 radical (unpaired) electrons. The molecule has 3 rings (SSSR count). The van der Waals surface area contributed by atoms with Crippen molar-refractivity contribution in [2.75, 3.05) is 0 Å². The van der Waals surface area contributed by atoms with Crippen LogP contribution in [0.25, 0.3) is 11.3 Å². The summed E-state index contributed by atoms with van der Waals surface area (Å²) in [6.45, 7) is 1.54. The Kier molecular flexibility index (Phi) is 4.35. The molecular formula is C15H11N5O4S. The highest BCUT2D eigenvalue weighted by Crippen LogP contribution is 2.23. The van der Waals surface area contributed by atoms with Crippen LogP contribution in [-0.2, 0) is 0 Å². The van der Waals surface area contributed by atoms with Gasteiger partial charge in [0.05, 0.1) is 11.1 Å². The number of hydrogen-bond acceptors (Lipinski definition) is 7. The van der Waals surface area contributed by atoms with Crippen molar-refractivity contribution in [3.63, 3.8) is 0 Å². The van der Waals surface area contributed by atoms with Crippen LogP contribution in [0.3, 0.4) is 0 Å². The van der Waals surface area contributed by atoms with Gasteiger partial charge in [0.25, 0.3) is 11.2 Å². The zero-order valence-electron chi connectivity index (χ0n) is 12.9. The maximum absolute atomic E-state index is 11.9. The van der Waals surface area contributed by atoms with E-state index >= 15 is 0 Å². The van der Waals surface area contributed by atoms with Gasteiger partial charge in [-0.3, -0.25) is 20.0 Å². The van der Waals surface area contributed by atoms with Crippen LogP contribution in [-0.4, -0.2) is 26.0 Å². The number of nitrogens with zero attached hydrogens (tertiary/aromatic N) is 4. The number of aryl methyl sites for hydroxylation is 1. The van der Waals surface area contributed by atoms with Crippen LogP contribution in [0.4, 0.5) is 5.69 Å². The Balaban J connectivity index is 1.87. The second-order valence-corrected chi connectivity index (χ2v) is 5.37. The first-order valence-corrected chi connectivity index (χ1v) is 7.44. The van der Waals surface area contributed by atoms with E-state index in [-0.39, 0.29) is 16.2 Å². The van der Waals surface area contributed by atoms with Gasteiger partial charge >= 0.3 is 0 Å². The van der Waals surface area contributed by atoms with E-state index in [1.54, 1.807) is 31.2 Å². The van der Waals surface area contributed by atoms with E-state index in [0.717, 1.165) is 4.68 Å². The van der Waals surface area contributed by atoms with Gasteiger partial charge in [0.1, 0.15) is 17.2 Å². The molecule has 2 aromatic heterocycles. The van der Waals surface area contributed by atoms with Gasteiger partial charge in [-0.05, 0) is 43.4 Å². The van der Waals surface area contributed by atoms with Crippen molar-refractivity contribution in [3.8, 4) is 11.3 Å². The summed E-state index contributed by atoms with van der Waals surface area (Å²) in [5, 5.41) is 20.9. The second kappa shape index (κ2) is 6.61. The molecule has 0 spiro atoms. The first-order chi connectivity index (χ1) is 12.0. The number of benzene rings is 1. The number of rotatable bonds is 4. The minimum Gasteiger partial charge on any atom is -0.455 e. The third kappa shape index (κ3) is 3.43. The van der Waals surface area contributed by atoms with Crippen molar-refractivity contribution in [3.05, 3.63) is 73.1 Å². The topological polar surface area (TPSA) is 119 Å². The lowest BCUT2D eigenvalue weighted by Crippen LogP contribution is -2.22. The fourth-order valence-electron chi connectivity index (χ4n) is 2.02. The number of nitro groups is 1. The van der Waals surface area contributed by atoms with Gasteiger partial charge in [0.2, 0.25) is 4.77 Å². The molecule has 1 N–H and O–H groups in total. The summed E-state index contributed by atoms with van der Waals surface area (Å²) in [4.78, 5) is 22.1. The van der Waals surface area contributed by atoms with Crippen molar-refractivity contribution in [1.82, 2.24) is 14.9 Å². The number of hydrogen-bond donors (Lipinski definition) is 1. The predicted octanol–water partition coefficient (Wildman–Crippen LogP) is 2.66. The van der Waals surface area contributed by atoms with Crippen molar-refractivity contribution in [2.24, 2.45) is 5.10 Å². The molecule has 0 unspecified atom stereocenters. The van der Waals surface area contributed by atoms with Crippen molar-refractivity contribution in [1.29, 1.82) is 0 Å². The van der Waals surface area contributed by atoms with Gasteiger partial charge < -0.3 is 4.42 Å². The Morgan fingerprint density at radius 2 is 2.04 bits per heavy atom. The lowest BCUT2D eigenvalue weighted by atomic mass is 10.1. The molecule has 25 heavy (non-hydrogen) atoms. The molecule has 3 aromatic rings. The lowest BCUT2D eigenvalue weighted by molar-refractivity contribution is -0.384. The molecule has 0 bridgehead atoms. The zero-order chi connectivity index (χ0) is 18.0. The van der Waals surface area contributed by atoms with Gasteiger partial charge in [-0.2, -0.15) is 14.9 Å². The molecule has 0 saturated carbocycles. The standard InChI is InChI=1S/C15H11N5O4S/c1-9-14(21)19(15(25)18-17-9)16-8-12-6-7-13(24-12)10-2-4-11(5-3-10)20(22)23/h2-8H,1H3,(H,18,25)/b16-8-. The van der Waals surface area contributed by atoms with E-state index in [0.29, 0.717) is 17.1 Å². The van der Waals surface area contributed by atoms with Crippen molar-refractivity contribution >= 4 is 24.1 Å². The van der Waals surface area contributed by atoms with Gasteiger partial charge in [-0.1, -0.05) is 0 Å². The maximum Gasteiger partial charge on any atom is 0.296 e. The van der Waals surface area contributed by atoms with Crippen molar-refractivity contribution in [2.45, 2.75) is 6.92 Å². The largest absolute Gasteiger partial charge is 0.455 e. The third-order valence-electron chi connectivity index (χ3n) is 3.30. The van der Waals surface area contributed by atoms with Crippen LogP contribution in [0.2, 0.25) is 0 Å². The average Bonchev–Trinajstić information content (AvgIpc) is 3.07. The molecule has 1 aromatic carbocycles. The molecule has 9 nitrogen and oxygen atoms in total. The summed E-state index contributed by atoms with van der Waals surface area (Å²) < 4.78 is 6.68. The summed E-state index contributed by atoms with van der Waals surface area (Å²) >= 11 is 4.98. The highest BCUT2D eigenvalue weighted by Gasteiger charge is 2.08. The molecule has 126 valence electrons. The van der Waals surface area contributed by atoms with E-state index in [2.05, 4.69) is 15.3 Å². The number of non-ortho nitro benzene ring substituents is 1. The Morgan fingerprint density at radius 3 is 2.72 bits per heavy atom. The molecule has 0 aliphatic carbocycles. The molecule has 0 amide bonds. The second-order valence-electron chi connectivity index (χ2n) is 4.98. The molecule has 0 fully saturated rings. The summed E-state index contributed by atoms with van der Waals surface area (Å²) in [6, 6.07) is 9.32. The third-order valence-corrected chi connectivity index (χ3v) is 3.57. The SMILES string of the molecule is Cc1n[nH]c(=S)n(/N=C\c2ccc(-c3ccc([N+](=O)[O-])cc3)o2)c1=O. The van der Waals surface area contributed by atoms with Gasteiger partial charge in [0, 0.05) is 17.7 Å². The van der Waals surface area contributed by atoms with Crippen LogP contribution in [0.5, 0.6) is 0 Å². The Labute approximate surface area is 145 Å².